The highest BCUT2D eigenvalue weighted by Crippen LogP contribution is 2.53. The summed E-state index contributed by atoms with van der Waals surface area (Å²) in [6, 6.07) is 8.88. The van der Waals surface area contributed by atoms with Crippen LogP contribution in [0.3, 0.4) is 0 Å². The van der Waals surface area contributed by atoms with E-state index in [-0.39, 0.29) is 11.1 Å². The number of carbonyl (C=O) groups is 1. The first-order valence-corrected chi connectivity index (χ1v) is 10.9. The average Bonchev–Trinajstić information content (AvgIpc) is 3.53. The van der Waals surface area contributed by atoms with Crippen molar-refractivity contribution in [1.82, 2.24) is 9.38 Å². The molecule has 8 heteroatoms. The summed E-state index contributed by atoms with van der Waals surface area (Å²) < 4.78 is 15.6. The Hall–Kier alpha value is -3.42. The zero-order valence-electron chi connectivity index (χ0n) is 17.8. The lowest BCUT2D eigenvalue weighted by atomic mass is 9.94. The number of fused-ring (bicyclic) bond motifs is 1. The molecule has 2 fully saturated rings. The lowest BCUT2D eigenvalue weighted by Crippen LogP contribution is -2.36. The molecule has 1 saturated carbocycles. The fraction of sp³-hybridized carbons (Fsp3) is 0.375. The molecule has 1 aromatic carbocycles. The number of carboxylic acids is 1. The predicted molar refractivity (Wildman–Crippen MR) is 120 cm³/mol. The smallest absolute Gasteiger partial charge is 0.337 e. The van der Waals surface area contributed by atoms with Crippen LogP contribution < -0.4 is 15.8 Å². The van der Waals surface area contributed by atoms with Crippen molar-refractivity contribution >= 4 is 23.1 Å². The fourth-order valence-electron chi connectivity index (χ4n) is 4.66. The van der Waals surface area contributed by atoms with Crippen LogP contribution in [-0.2, 0) is 0 Å². The lowest BCUT2D eigenvalue weighted by Gasteiger charge is -2.33. The molecule has 2 N–H and O–H groups in total. The number of aromatic carboxylic acids is 1. The maximum atomic E-state index is 14.4. The second kappa shape index (κ2) is 7.62. The summed E-state index contributed by atoms with van der Waals surface area (Å²) in [6.07, 6.45) is 5.94. The molecule has 1 spiro atoms. The Labute approximate surface area is 184 Å². The van der Waals surface area contributed by atoms with Gasteiger partial charge in [-0.1, -0.05) is 12.1 Å². The van der Waals surface area contributed by atoms with Crippen molar-refractivity contribution in [3.05, 3.63) is 69.9 Å². The standard InChI is InChI=1S/C24H25FN4O3/c1-15(26-19-5-3-2-4-17(19)23(31)32)18-12-16(25)14-29-21(30)13-20(27-22(18)29)28-10-8-24(6-7-24)9-11-28/h2-5,12-15,26H,6-11H2,1H3,(H,31,32)/t15-/m1/s1. The van der Waals surface area contributed by atoms with Gasteiger partial charge in [-0.3, -0.25) is 9.20 Å². The van der Waals surface area contributed by atoms with Crippen molar-refractivity contribution in [3.8, 4) is 0 Å². The van der Waals surface area contributed by atoms with Crippen molar-refractivity contribution in [2.45, 2.75) is 38.6 Å². The van der Waals surface area contributed by atoms with E-state index >= 15 is 0 Å². The first kappa shape index (κ1) is 20.5. The number of hydrogen-bond acceptors (Lipinski definition) is 5. The Kier molecular flexibility index (Phi) is 4.87. The number of hydrogen-bond donors (Lipinski definition) is 2. The molecule has 2 aliphatic rings. The molecule has 2 aromatic heterocycles. The van der Waals surface area contributed by atoms with Crippen LogP contribution in [0.25, 0.3) is 5.65 Å². The van der Waals surface area contributed by atoms with E-state index in [4.69, 9.17) is 4.98 Å². The van der Waals surface area contributed by atoms with Gasteiger partial charge in [-0.15, -0.1) is 0 Å². The van der Waals surface area contributed by atoms with Gasteiger partial charge in [-0.25, -0.2) is 14.2 Å². The Bertz CT molecular complexity index is 1260. The maximum absolute atomic E-state index is 14.4. The molecule has 1 saturated heterocycles. The highest BCUT2D eigenvalue weighted by molar-refractivity contribution is 5.94. The number of para-hydroxylation sites is 1. The van der Waals surface area contributed by atoms with E-state index in [0.717, 1.165) is 32.1 Å². The molecule has 1 aliphatic heterocycles. The van der Waals surface area contributed by atoms with Gasteiger partial charge in [0.15, 0.2) is 0 Å². The van der Waals surface area contributed by atoms with Crippen molar-refractivity contribution < 1.29 is 14.3 Å². The summed E-state index contributed by atoms with van der Waals surface area (Å²) in [5.74, 6) is -1.01. The van der Waals surface area contributed by atoms with Crippen molar-refractivity contribution in [3.63, 3.8) is 0 Å². The van der Waals surface area contributed by atoms with E-state index in [1.165, 1.54) is 35.4 Å². The number of carboxylic acid groups (broad SMARTS) is 1. The summed E-state index contributed by atoms with van der Waals surface area (Å²) in [5, 5.41) is 12.6. The van der Waals surface area contributed by atoms with Gasteiger partial charge in [-0.2, -0.15) is 0 Å². The molecule has 5 rings (SSSR count). The first-order valence-electron chi connectivity index (χ1n) is 10.9. The number of nitrogens with zero attached hydrogens (tertiary/aromatic N) is 3. The minimum Gasteiger partial charge on any atom is -0.478 e. The van der Waals surface area contributed by atoms with Gasteiger partial charge >= 0.3 is 5.97 Å². The Morgan fingerprint density at radius 2 is 1.91 bits per heavy atom. The zero-order chi connectivity index (χ0) is 22.5. The number of benzene rings is 1. The molecular formula is C24H25FN4O3. The molecule has 3 aromatic rings. The summed E-state index contributed by atoms with van der Waals surface area (Å²) in [5.41, 5.74) is 1.56. The van der Waals surface area contributed by atoms with Crippen LogP contribution in [0.2, 0.25) is 0 Å². The molecule has 0 unspecified atom stereocenters. The van der Waals surface area contributed by atoms with Gasteiger partial charge in [0.05, 0.1) is 11.6 Å². The third-order valence-electron chi connectivity index (χ3n) is 6.84. The first-order chi connectivity index (χ1) is 15.3. The third-order valence-corrected chi connectivity index (χ3v) is 6.84. The molecule has 7 nitrogen and oxygen atoms in total. The average molecular weight is 436 g/mol. The van der Waals surface area contributed by atoms with Crippen molar-refractivity contribution in [1.29, 1.82) is 0 Å². The quantitative estimate of drug-likeness (QED) is 0.627. The van der Waals surface area contributed by atoms with E-state index in [1.807, 2.05) is 0 Å². The molecule has 0 bridgehead atoms. The molecular weight excluding hydrogens is 411 g/mol. The molecule has 1 atom stereocenters. The van der Waals surface area contributed by atoms with Gasteiger partial charge in [0.2, 0.25) is 0 Å². The van der Waals surface area contributed by atoms with E-state index in [2.05, 4.69) is 10.2 Å². The molecule has 166 valence electrons. The van der Waals surface area contributed by atoms with Gasteiger partial charge in [-0.05, 0) is 56.2 Å². The van der Waals surface area contributed by atoms with Crippen LogP contribution >= 0.6 is 0 Å². The monoisotopic (exact) mass is 436 g/mol. The molecule has 0 amide bonds. The van der Waals surface area contributed by atoms with Gasteiger partial charge < -0.3 is 15.3 Å². The number of anilines is 2. The summed E-state index contributed by atoms with van der Waals surface area (Å²) in [4.78, 5) is 31.3. The normalized spacial score (nSPS) is 18.0. The fourth-order valence-corrected chi connectivity index (χ4v) is 4.66. The highest BCUT2D eigenvalue weighted by Gasteiger charge is 2.44. The Morgan fingerprint density at radius 1 is 1.19 bits per heavy atom. The molecule has 32 heavy (non-hydrogen) atoms. The van der Waals surface area contributed by atoms with Crippen LogP contribution in [0, 0.1) is 11.2 Å². The maximum Gasteiger partial charge on any atom is 0.337 e. The SMILES string of the molecule is C[C@@H](Nc1ccccc1C(=O)O)c1cc(F)cn2c(=O)cc(N3CCC4(CC3)CC4)nc12. The van der Waals surface area contributed by atoms with E-state index < -0.39 is 17.8 Å². The van der Waals surface area contributed by atoms with Crippen LogP contribution in [0.5, 0.6) is 0 Å². The van der Waals surface area contributed by atoms with Crippen LogP contribution in [0.1, 0.15) is 54.6 Å². The van der Waals surface area contributed by atoms with Crippen LogP contribution in [0.4, 0.5) is 15.9 Å². The van der Waals surface area contributed by atoms with Crippen molar-refractivity contribution in [2.75, 3.05) is 23.3 Å². The summed E-state index contributed by atoms with van der Waals surface area (Å²) in [6.45, 7) is 3.52. The minimum atomic E-state index is -1.06. The number of halogens is 1. The molecule has 1 aliphatic carbocycles. The summed E-state index contributed by atoms with van der Waals surface area (Å²) >= 11 is 0. The largest absolute Gasteiger partial charge is 0.478 e. The minimum absolute atomic E-state index is 0.119. The predicted octanol–water partition coefficient (Wildman–Crippen LogP) is 4.09. The molecule has 3 heterocycles. The second-order valence-corrected chi connectivity index (χ2v) is 8.96. The lowest BCUT2D eigenvalue weighted by molar-refractivity contribution is 0.0698. The van der Waals surface area contributed by atoms with Crippen LogP contribution in [0.15, 0.2) is 47.4 Å². The van der Waals surface area contributed by atoms with Gasteiger partial charge in [0, 0.05) is 36.6 Å². The van der Waals surface area contributed by atoms with Crippen LogP contribution in [-0.4, -0.2) is 33.6 Å². The zero-order valence-corrected chi connectivity index (χ0v) is 17.8. The number of pyridine rings is 1. The third kappa shape index (κ3) is 3.70. The number of aromatic nitrogens is 2. The molecule has 0 radical (unpaired) electrons. The summed E-state index contributed by atoms with van der Waals surface area (Å²) in [7, 11) is 0. The topological polar surface area (TPSA) is 86.9 Å². The van der Waals surface area contributed by atoms with E-state index in [1.54, 1.807) is 25.1 Å². The van der Waals surface area contributed by atoms with E-state index in [0.29, 0.717) is 28.1 Å². The number of nitrogens with one attached hydrogen (secondary N) is 1. The van der Waals surface area contributed by atoms with E-state index in [9.17, 15) is 19.1 Å². The van der Waals surface area contributed by atoms with Crippen molar-refractivity contribution in [2.24, 2.45) is 5.41 Å². The Morgan fingerprint density at radius 3 is 2.59 bits per heavy atom. The van der Waals surface area contributed by atoms with Gasteiger partial charge in [0.25, 0.3) is 5.56 Å². The van der Waals surface area contributed by atoms with Gasteiger partial charge in [0.1, 0.15) is 17.3 Å². The number of piperidine rings is 1. The highest BCUT2D eigenvalue weighted by atomic mass is 19.1. The second-order valence-electron chi connectivity index (χ2n) is 8.96. The Balaban J connectivity index is 1.53. The number of rotatable bonds is 5.